The normalized spacial score (nSPS) is 27.2. The number of carbonyl (C=O) groups is 1. The van der Waals surface area contributed by atoms with Crippen molar-refractivity contribution >= 4 is 11.7 Å². The van der Waals surface area contributed by atoms with Crippen molar-refractivity contribution in [3.63, 3.8) is 0 Å². The minimum atomic E-state index is -1.14. The second kappa shape index (κ2) is 4.48. The highest BCUT2D eigenvalue weighted by molar-refractivity contribution is 5.85. The molecule has 0 bridgehead atoms. The van der Waals surface area contributed by atoms with Crippen LogP contribution in [-0.4, -0.2) is 27.8 Å². The van der Waals surface area contributed by atoms with Gasteiger partial charge in [0.05, 0.1) is 11.2 Å². The number of aryl methyl sites for hydroxylation is 1. The highest BCUT2D eigenvalue weighted by Gasteiger charge is 2.62. The van der Waals surface area contributed by atoms with Gasteiger partial charge < -0.3 is 15.2 Å². The van der Waals surface area contributed by atoms with E-state index < -0.39 is 22.7 Å². The highest BCUT2D eigenvalue weighted by Crippen LogP contribution is 2.47. The smallest absolute Gasteiger partial charge is 0.332 e. The zero-order chi connectivity index (χ0) is 15.2. The number of benzene rings is 1. The summed E-state index contributed by atoms with van der Waals surface area (Å²) in [5, 5.41) is 13.1. The molecule has 1 aliphatic rings. The Labute approximate surface area is 120 Å². The maximum absolute atomic E-state index is 12.0. The molecule has 1 atom stereocenters. The summed E-state index contributed by atoms with van der Waals surface area (Å²) in [6.45, 7) is 9.49. The lowest BCUT2D eigenvalue weighted by Gasteiger charge is -2.37. The van der Waals surface area contributed by atoms with Gasteiger partial charge >= 0.3 is 5.97 Å². The molecule has 0 spiro atoms. The van der Waals surface area contributed by atoms with Crippen LogP contribution in [0.3, 0.4) is 0 Å². The zero-order valence-corrected chi connectivity index (χ0v) is 12.8. The van der Waals surface area contributed by atoms with Crippen molar-refractivity contribution < 1.29 is 14.6 Å². The lowest BCUT2D eigenvalue weighted by Crippen LogP contribution is -2.58. The molecule has 0 saturated carbocycles. The summed E-state index contributed by atoms with van der Waals surface area (Å²) in [7, 11) is 0. The predicted molar refractivity (Wildman–Crippen MR) is 79.0 cm³/mol. The molecule has 0 aliphatic carbocycles. The monoisotopic (exact) mass is 277 g/mol. The molecule has 1 unspecified atom stereocenters. The lowest BCUT2D eigenvalue weighted by atomic mass is 9.78. The van der Waals surface area contributed by atoms with Crippen LogP contribution < -0.4 is 5.32 Å². The summed E-state index contributed by atoms with van der Waals surface area (Å²) in [5.74, 6) is -0.878. The Kier molecular flexibility index (Phi) is 3.33. The maximum Gasteiger partial charge on any atom is 0.332 e. The number of rotatable bonds is 3. The molecule has 0 amide bonds. The molecule has 4 nitrogen and oxygen atoms in total. The van der Waals surface area contributed by atoms with Crippen LogP contribution in [0.2, 0.25) is 0 Å². The van der Waals surface area contributed by atoms with Crippen molar-refractivity contribution in [3.8, 4) is 0 Å². The third-order valence-corrected chi connectivity index (χ3v) is 4.11. The van der Waals surface area contributed by atoms with Crippen LogP contribution in [0.15, 0.2) is 24.3 Å². The summed E-state index contributed by atoms with van der Waals surface area (Å²) in [5.41, 5.74) is -0.553. The van der Waals surface area contributed by atoms with Gasteiger partial charge in [0.25, 0.3) is 0 Å². The van der Waals surface area contributed by atoms with Crippen molar-refractivity contribution in [1.82, 2.24) is 0 Å². The van der Waals surface area contributed by atoms with Crippen molar-refractivity contribution in [2.24, 2.45) is 0 Å². The first kappa shape index (κ1) is 14.9. The number of anilines is 1. The van der Waals surface area contributed by atoms with Crippen LogP contribution in [0.4, 0.5) is 5.69 Å². The summed E-state index contributed by atoms with van der Waals surface area (Å²) >= 11 is 0. The number of hydrogen-bond donors (Lipinski definition) is 2. The molecule has 20 heavy (non-hydrogen) atoms. The summed E-state index contributed by atoms with van der Waals surface area (Å²) in [6, 6.07) is 7.71. The largest absolute Gasteiger partial charge is 0.479 e. The molecule has 1 aromatic carbocycles. The number of aliphatic carboxylic acids is 1. The van der Waals surface area contributed by atoms with Crippen molar-refractivity contribution in [2.75, 3.05) is 5.32 Å². The van der Waals surface area contributed by atoms with E-state index in [1.807, 2.05) is 58.9 Å². The van der Waals surface area contributed by atoms with Gasteiger partial charge in [-0.3, -0.25) is 0 Å². The van der Waals surface area contributed by atoms with Gasteiger partial charge in [0.1, 0.15) is 0 Å². The third-order valence-electron chi connectivity index (χ3n) is 4.11. The standard InChI is InChI=1S/C16H23NO3/c1-11-8-6-7-9-12(11)17-16(13(18)19)10-14(2,3)20-15(16,4)5/h6-9,17H,10H2,1-5H3,(H,18,19). The number of ether oxygens (including phenoxy) is 1. The van der Waals surface area contributed by atoms with E-state index in [-0.39, 0.29) is 0 Å². The first-order chi connectivity index (χ1) is 9.10. The van der Waals surface area contributed by atoms with Gasteiger partial charge in [0.15, 0.2) is 5.54 Å². The molecule has 1 aromatic rings. The molecule has 1 heterocycles. The number of para-hydroxylation sites is 1. The number of carboxylic acid groups (broad SMARTS) is 1. The Morgan fingerprint density at radius 3 is 2.30 bits per heavy atom. The first-order valence-electron chi connectivity index (χ1n) is 6.87. The fourth-order valence-corrected chi connectivity index (χ4v) is 3.19. The van der Waals surface area contributed by atoms with E-state index in [4.69, 9.17) is 4.74 Å². The van der Waals surface area contributed by atoms with Crippen molar-refractivity contribution in [2.45, 2.75) is 57.8 Å². The van der Waals surface area contributed by atoms with E-state index >= 15 is 0 Å². The molecule has 1 aliphatic heterocycles. The first-order valence-corrected chi connectivity index (χ1v) is 6.87. The van der Waals surface area contributed by atoms with Gasteiger partial charge in [-0.2, -0.15) is 0 Å². The highest BCUT2D eigenvalue weighted by atomic mass is 16.5. The third kappa shape index (κ3) is 2.29. The summed E-state index contributed by atoms with van der Waals surface area (Å²) in [6.07, 6.45) is 0.413. The molecular formula is C16H23NO3. The Balaban J connectivity index is 2.47. The Hall–Kier alpha value is -1.55. The molecule has 0 radical (unpaired) electrons. The Bertz CT molecular complexity index is 536. The van der Waals surface area contributed by atoms with Crippen molar-refractivity contribution in [1.29, 1.82) is 0 Å². The number of hydrogen-bond acceptors (Lipinski definition) is 3. The zero-order valence-electron chi connectivity index (χ0n) is 12.8. The Morgan fingerprint density at radius 1 is 1.25 bits per heavy atom. The van der Waals surface area contributed by atoms with E-state index in [2.05, 4.69) is 5.32 Å². The van der Waals surface area contributed by atoms with Gasteiger partial charge in [-0.05, 0) is 46.2 Å². The van der Waals surface area contributed by atoms with Crippen LogP contribution in [-0.2, 0) is 9.53 Å². The molecule has 0 aromatic heterocycles. The maximum atomic E-state index is 12.0. The van der Waals surface area contributed by atoms with Crippen LogP contribution in [0.5, 0.6) is 0 Å². The van der Waals surface area contributed by atoms with E-state index in [9.17, 15) is 9.90 Å². The quantitative estimate of drug-likeness (QED) is 0.890. The molecule has 2 N–H and O–H groups in total. The second-order valence-electron chi connectivity index (χ2n) is 6.70. The average Bonchev–Trinajstić information content (AvgIpc) is 2.47. The Morgan fingerprint density at radius 2 is 1.85 bits per heavy atom. The fourth-order valence-electron chi connectivity index (χ4n) is 3.19. The lowest BCUT2D eigenvalue weighted by molar-refractivity contribution is -0.149. The predicted octanol–water partition coefficient (Wildman–Crippen LogP) is 3.21. The second-order valence-corrected chi connectivity index (χ2v) is 6.70. The van der Waals surface area contributed by atoms with E-state index in [1.165, 1.54) is 0 Å². The van der Waals surface area contributed by atoms with Gasteiger partial charge in [0.2, 0.25) is 0 Å². The summed E-state index contributed by atoms with van der Waals surface area (Å²) in [4.78, 5) is 12.0. The minimum absolute atomic E-state index is 0.413. The van der Waals surface area contributed by atoms with Crippen LogP contribution in [0.1, 0.15) is 39.7 Å². The van der Waals surface area contributed by atoms with E-state index in [1.54, 1.807) is 0 Å². The minimum Gasteiger partial charge on any atom is -0.479 e. The van der Waals surface area contributed by atoms with Gasteiger partial charge in [-0.15, -0.1) is 0 Å². The van der Waals surface area contributed by atoms with E-state index in [0.717, 1.165) is 11.3 Å². The fraction of sp³-hybridized carbons (Fsp3) is 0.562. The molecule has 4 heteroatoms. The molecule has 110 valence electrons. The average molecular weight is 277 g/mol. The van der Waals surface area contributed by atoms with Gasteiger partial charge in [-0.25, -0.2) is 4.79 Å². The molecule has 1 fully saturated rings. The van der Waals surface area contributed by atoms with Crippen LogP contribution in [0.25, 0.3) is 0 Å². The molecule has 2 rings (SSSR count). The van der Waals surface area contributed by atoms with E-state index in [0.29, 0.717) is 6.42 Å². The molecule has 1 saturated heterocycles. The number of carboxylic acids is 1. The van der Waals surface area contributed by atoms with Crippen LogP contribution in [0, 0.1) is 6.92 Å². The van der Waals surface area contributed by atoms with Crippen molar-refractivity contribution in [3.05, 3.63) is 29.8 Å². The van der Waals surface area contributed by atoms with Gasteiger partial charge in [0, 0.05) is 12.1 Å². The SMILES string of the molecule is Cc1ccccc1NC1(C(=O)O)CC(C)(C)OC1(C)C. The topological polar surface area (TPSA) is 58.6 Å². The summed E-state index contributed by atoms with van der Waals surface area (Å²) < 4.78 is 5.98. The molecular weight excluding hydrogens is 254 g/mol. The van der Waals surface area contributed by atoms with Gasteiger partial charge in [-0.1, -0.05) is 18.2 Å². The number of nitrogens with one attached hydrogen (secondary N) is 1. The van der Waals surface area contributed by atoms with Crippen LogP contribution >= 0.6 is 0 Å².